The molecule has 1 saturated heterocycles. The van der Waals surface area contributed by atoms with Crippen LogP contribution in [0.5, 0.6) is 0 Å². The predicted octanol–water partition coefficient (Wildman–Crippen LogP) is 1.07. The summed E-state index contributed by atoms with van der Waals surface area (Å²) in [6.45, 7) is 4.67. The maximum Gasteiger partial charge on any atom is 0.256 e. The van der Waals surface area contributed by atoms with E-state index in [1.807, 2.05) is 13.8 Å². The molecule has 0 saturated carbocycles. The number of carbonyl (C=O) groups is 3. The van der Waals surface area contributed by atoms with Crippen LogP contribution in [0.1, 0.15) is 56.3 Å². The van der Waals surface area contributed by atoms with Gasteiger partial charge in [0.25, 0.3) is 5.91 Å². The first-order valence-electron chi connectivity index (χ1n) is 13.9. The summed E-state index contributed by atoms with van der Waals surface area (Å²) in [5, 5.41) is 21.6. The smallest absolute Gasteiger partial charge is 0.256 e. The second-order valence-corrected chi connectivity index (χ2v) is 10.6. The third-order valence-electron chi connectivity index (χ3n) is 6.82. The standard InChI is InChI=1S/C28H45FN4O7.ClH/c1-19(2)11-16-40-24-17-33(27(37)20-7-3-4-8-21(20)29)14-13-32(28(38)22(30)9-10-25(31)35)12-5-6-15-39-18-23(34)26(24)36;/h3-4,7-8,19,22-24,26,34,36H,5-6,9-18,30H2,1-2H3,(H2,31,35);1H/t22-,23+,24+,26+;/m0./s1. The molecule has 0 aliphatic carbocycles. The molecule has 1 heterocycles. The second-order valence-electron chi connectivity index (χ2n) is 10.6. The minimum Gasteiger partial charge on any atom is -0.388 e. The quantitative estimate of drug-likeness (QED) is 0.324. The number of nitrogens with two attached hydrogens (primary N) is 2. The number of benzene rings is 1. The Morgan fingerprint density at radius 1 is 1.10 bits per heavy atom. The van der Waals surface area contributed by atoms with Crippen molar-refractivity contribution < 1.29 is 38.5 Å². The number of carbonyl (C=O) groups excluding carboxylic acids is 3. The number of primary amides is 1. The summed E-state index contributed by atoms with van der Waals surface area (Å²) in [5.41, 5.74) is 11.1. The highest BCUT2D eigenvalue weighted by molar-refractivity contribution is 5.94. The fourth-order valence-electron chi connectivity index (χ4n) is 4.30. The third-order valence-corrected chi connectivity index (χ3v) is 6.82. The van der Waals surface area contributed by atoms with Crippen molar-refractivity contribution in [1.82, 2.24) is 9.80 Å². The highest BCUT2D eigenvalue weighted by Crippen LogP contribution is 2.16. The van der Waals surface area contributed by atoms with Gasteiger partial charge in [-0.05, 0) is 43.7 Å². The summed E-state index contributed by atoms with van der Waals surface area (Å²) in [6.07, 6.45) is -1.81. The van der Waals surface area contributed by atoms with E-state index in [9.17, 15) is 29.0 Å². The second kappa shape index (κ2) is 19.0. The van der Waals surface area contributed by atoms with Crippen LogP contribution in [0.4, 0.5) is 4.39 Å². The summed E-state index contributed by atoms with van der Waals surface area (Å²) < 4.78 is 26.1. The van der Waals surface area contributed by atoms with Gasteiger partial charge in [0.15, 0.2) is 0 Å². The van der Waals surface area contributed by atoms with Crippen molar-refractivity contribution in [2.75, 3.05) is 46.0 Å². The molecule has 234 valence electrons. The molecule has 2 rings (SSSR count). The highest BCUT2D eigenvalue weighted by Gasteiger charge is 2.32. The Kier molecular flexibility index (Phi) is 17.0. The molecule has 1 aliphatic heterocycles. The van der Waals surface area contributed by atoms with E-state index in [2.05, 4.69) is 0 Å². The van der Waals surface area contributed by atoms with Crippen LogP contribution in [-0.4, -0.2) is 108 Å². The monoisotopic (exact) mass is 604 g/mol. The Bertz CT molecular complexity index is 958. The number of rotatable bonds is 9. The number of hydrogen-bond donors (Lipinski definition) is 4. The van der Waals surface area contributed by atoms with Crippen LogP contribution in [-0.2, 0) is 19.1 Å². The normalized spacial score (nSPS) is 22.0. The Balaban J connectivity index is 0.00000840. The lowest BCUT2D eigenvalue weighted by Gasteiger charge is -2.34. The zero-order valence-corrected chi connectivity index (χ0v) is 24.8. The molecule has 0 unspecified atom stereocenters. The maximum atomic E-state index is 14.6. The molecule has 1 aliphatic rings. The summed E-state index contributed by atoms with van der Waals surface area (Å²) in [5.74, 6) is -2.00. The van der Waals surface area contributed by atoms with Crippen molar-refractivity contribution in [3.05, 3.63) is 35.6 Å². The first kappa shape index (κ1) is 36.7. The van der Waals surface area contributed by atoms with Crippen molar-refractivity contribution in [1.29, 1.82) is 0 Å². The van der Waals surface area contributed by atoms with Gasteiger partial charge in [0.1, 0.15) is 24.1 Å². The fourth-order valence-corrected chi connectivity index (χ4v) is 4.30. The number of amides is 3. The zero-order valence-electron chi connectivity index (χ0n) is 24.0. The number of aliphatic hydroxyl groups is 2. The molecule has 4 atom stereocenters. The van der Waals surface area contributed by atoms with Crippen molar-refractivity contribution in [2.45, 2.75) is 70.3 Å². The van der Waals surface area contributed by atoms with Gasteiger partial charge < -0.3 is 41.0 Å². The van der Waals surface area contributed by atoms with Crippen molar-refractivity contribution in [3.8, 4) is 0 Å². The molecular weight excluding hydrogens is 559 g/mol. The Labute approximate surface area is 247 Å². The van der Waals surface area contributed by atoms with Gasteiger partial charge in [-0.2, -0.15) is 0 Å². The number of aliphatic hydroxyl groups excluding tert-OH is 2. The number of nitrogens with zero attached hydrogens (tertiary/aromatic N) is 2. The Hall–Kier alpha value is -2.35. The lowest BCUT2D eigenvalue weighted by Crippen LogP contribution is -2.52. The lowest BCUT2D eigenvalue weighted by atomic mass is 10.1. The maximum absolute atomic E-state index is 14.6. The van der Waals surface area contributed by atoms with E-state index in [0.29, 0.717) is 38.3 Å². The molecule has 11 nitrogen and oxygen atoms in total. The van der Waals surface area contributed by atoms with Crippen LogP contribution in [0, 0.1) is 11.7 Å². The third kappa shape index (κ3) is 12.6. The molecule has 0 spiro atoms. The molecule has 1 aromatic rings. The summed E-state index contributed by atoms with van der Waals surface area (Å²) in [6, 6.07) is 4.60. The molecule has 0 radical (unpaired) electrons. The summed E-state index contributed by atoms with van der Waals surface area (Å²) >= 11 is 0. The highest BCUT2D eigenvalue weighted by atomic mass is 35.5. The van der Waals surface area contributed by atoms with Gasteiger partial charge in [0.2, 0.25) is 11.8 Å². The van der Waals surface area contributed by atoms with E-state index in [-0.39, 0.29) is 63.7 Å². The van der Waals surface area contributed by atoms with Gasteiger partial charge in [-0.15, -0.1) is 12.4 Å². The number of halogens is 2. The first-order valence-corrected chi connectivity index (χ1v) is 13.9. The van der Waals surface area contributed by atoms with Gasteiger partial charge in [0.05, 0.1) is 18.2 Å². The largest absolute Gasteiger partial charge is 0.388 e. The van der Waals surface area contributed by atoms with Gasteiger partial charge in [-0.3, -0.25) is 14.4 Å². The van der Waals surface area contributed by atoms with Crippen LogP contribution < -0.4 is 11.5 Å². The van der Waals surface area contributed by atoms with E-state index in [0.717, 1.165) is 0 Å². The predicted molar refractivity (Wildman–Crippen MR) is 154 cm³/mol. The van der Waals surface area contributed by atoms with E-state index in [1.165, 1.54) is 28.0 Å². The van der Waals surface area contributed by atoms with Crippen LogP contribution in [0.2, 0.25) is 0 Å². The fraction of sp³-hybridized carbons (Fsp3) is 0.679. The van der Waals surface area contributed by atoms with Crippen LogP contribution >= 0.6 is 12.4 Å². The minimum atomic E-state index is -1.38. The Morgan fingerprint density at radius 3 is 2.44 bits per heavy atom. The van der Waals surface area contributed by atoms with E-state index in [1.54, 1.807) is 6.07 Å². The zero-order chi connectivity index (χ0) is 29.7. The van der Waals surface area contributed by atoms with Crippen LogP contribution in [0.3, 0.4) is 0 Å². The molecule has 1 aromatic carbocycles. The average Bonchev–Trinajstić information content (AvgIpc) is 2.91. The summed E-state index contributed by atoms with van der Waals surface area (Å²) in [7, 11) is 0. The van der Waals surface area contributed by atoms with Crippen molar-refractivity contribution >= 4 is 30.1 Å². The molecule has 0 bridgehead atoms. The molecular formula is C28H46ClFN4O7. The average molecular weight is 605 g/mol. The van der Waals surface area contributed by atoms with Crippen LogP contribution in [0.15, 0.2) is 24.3 Å². The molecule has 3 amide bonds. The van der Waals surface area contributed by atoms with Crippen molar-refractivity contribution in [3.63, 3.8) is 0 Å². The lowest BCUT2D eigenvalue weighted by molar-refractivity contribution is -0.134. The number of hydrogen-bond acceptors (Lipinski definition) is 8. The van der Waals surface area contributed by atoms with Crippen LogP contribution in [0.25, 0.3) is 0 Å². The van der Waals surface area contributed by atoms with Gasteiger partial charge in [-0.25, -0.2) is 4.39 Å². The van der Waals surface area contributed by atoms with E-state index >= 15 is 0 Å². The molecule has 6 N–H and O–H groups in total. The Morgan fingerprint density at radius 2 is 1.78 bits per heavy atom. The molecule has 0 aromatic heterocycles. The topological polar surface area (TPSA) is 169 Å². The first-order chi connectivity index (χ1) is 19.0. The minimum absolute atomic E-state index is 0. The molecule has 41 heavy (non-hydrogen) atoms. The SMILES string of the molecule is CC(C)CCO[C@@H]1CN(C(=O)c2ccccc2F)CCN(C(=O)[C@@H](N)CCC(N)=O)CCCCOC[C@@H](O)[C@H]1O.Cl. The van der Waals surface area contributed by atoms with Gasteiger partial charge >= 0.3 is 0 Å². The molecule has 13 heteroatoms. The number of ether oxygens (including phenoxy) is 2. The van der Waals surface area contributed by atoms with Crippen molar-refractivity contribution in [2.24, 2.45) is 17.4 Å². The van der Waals surface area contributed by atoms with Gasteiger partial charge in [-0.1, -0.05) is 26.0 Å². The van der Waals surface area contributed by atoms with E-state index in [4.69, 9.17) is 20.9 Å². The van der Waals surface area contributed by atoms with E-state index < -0.39 is 47.9 Å². The summed E-state index contributed by atoms with van der Waals surface area (Å²) in [4.78, 5) is 40.7. The van der Waals surface area contributed by atoms with Gasteiger partial charge in [0, 0.05) is 45.8 Å². The molecule has 1 fully saturated rings.